The minimum absolute atomic E-state index is 0.00442. The minimum Gasteiger partial charge on any atom is -0.322 e. The SMILES string of the molecule is CSc1ccc(C(=C[C@H]2CCC(=O)C2)c2ccc(C3CC3)c(=O)[nH]2)cc1Cl. The summed E-state index contributed by atoms with van der Waals surface area (Å²) in [6.07, 6.45) is 8.40. The van der Waals surface area contributed by atoms with Gasteiger partial charge in [-0.05, 0) is 61.1 Å². The van der Waals surface area contributed by atoms with Gasteiger partial charge in [0.25, 0.3) is 5.56 Å². The van der Waals surface area contributed by atoms with Gasteiger partial charge in [-0.25, -0.2) is 0 Å². The fourth-order valence-corrected chi connectivity index (χ4v) is 4.62. The highest BCUT2D eigenvalue weighted by Crippen LogP contribution is 2.39. The lowest BCUT2D eigenvalue weighted by Crippen LogP contribution is -2.13. The van der Waals surface area contributed by atoms with E-state index in [9.17, 15) is 9.59 Å². The van der Waals surface area contributed by atoms with E-state index in [2.05, 4.69) is 11.1 Å². The van der Waals surface area contributed by atoms with Crippen molar-refractivity contribution in [2.45, 2.75) is 42.9 Å². The summed E-state index contributed by atoms with van der Waals surface area (Å²) in [4.78, 5) is 28.4. The molecule has 0 amide bonds. The van der Waals surface area contributed by atoms with Crippen molar-refractivity contribution in [1.82, 2.24) is 4.98 Å². The van der Waals surface area contributed by atoms with Gasteiger partial charge in [-0.15, -0.1) is 11.8 Å². The van der Waals surface area contributed by atoms with Crippen molar-refractivity contribution in [2.24, 2.45) is 5.92 Å². The third-order valence-electron chi connectivity index (χ3n) is 5.40. The number of carbonyl (C=O) groups is 1. The van der Waals surface area contributed by atoms with Crippen LogP contribution in [-0.2, 0) is 4.79 Å². The monoisotopic (exact) mass is 399 g/mol. The quantitative estimate of drug-likeness (QED) is 0.682. The molecule has 2 aromatic rings. The molecule has 0 spiro atoms. The van der Waals surface area contributed by atoms with E-state index >= 15 is 0 Å². The number of Topliss-reactive ketones (excluding diaryl/α,β-unsaturated/α-hetero) is 1. The van der Waals surface area contributed by atoms with Gasteiger partial charge in [0.15, 0.2) is 0 Å². The Morgan fingerprint density at radius 1 is 1.19 bits per heavy atom. The van der Waals surface area contributed by atoms with Crippen LogP contribution in [0.15, 0.2) is 46.1 Å². The summed E-state index contributed by atoms with van der Waals surface area (Å²) in [5.74, 6) is 0.931. The van der Waals surface area contributed by atoms with E-state index in [1.165, 1.54) is 0 Å². The molecular formula is C22H22ClNO2S. The van der Waals surface area contributed by atoms with Crippen LogP contribution in [-0.4, -0.2) is 17.0 Å². The van der Waals surface area contributed by atoms with Crippen molar-refractivity contribution in [3.8, 4) is 0 Å². The average molecular weight is 400 g/mol. The van der Waals surface area contributed by atoms with E-state index in [1.54, 1.807) is 11.8 Å². The summed E-state index contributed by atoms with van der Waals surface area (Å²) in [5, 5.41) is 0.699. The zero-order valence-corrected chi connectivity index (χ0v) is 16.8. The number of hydrogen-bond donors (Lipinski definition) is 1. The molecule has 27 heavy (non-hydrogen) atoms. The Hall–Kier alpha value is -1.78. The van der Waals surface area contributed by atoms with Gasteiger partial charge in [-0.2, -0.15) is 0 Å². The van der Waals surface area contributed by atoms with E-state index in [1.807, 2.05) is 36.6 Å². The smallest absolute Gasteiger partial charge is 0.251 e. The first-order valence-electron chi connectivity index (χ1n) is 9.36. The molecule has 2 fully saturated rings. The lowest BCUT2D eigenvalue weighted by atomic mass is 9.95. The lowest BCUT2D eigenvalue weighted by Gasteiger charge is -2.13. The third kappa shape index (κ3) is 4.07. The second-order valence-corrected chi connectivity index (χ2v) is 8.66. The van der Waals surface area contributed by atoms with Crippen LogP contribution in [0.2, 0.25) is 5.02 Å². The summed E-state index contributed by atoms with van der Waals surface area (Å²) in [5.41, 5.74) is 3.58. The number of nitrogens with one attached hydrogen (secondary N) is 1. The number of ketones is 1. The molecule has 4 rings (SSSR count). The number of aromatic nitrogens is 1. The molecule has 1 aromatic carbocycles. The number of H-pyrrole nitrogens is 1. The standard InChI is InChI=1S/C22H22ClNO2S/c1-27-21-9-5-15(12-19(21)23)18(11-13-2-6-16(25)10-13)20-8-7-17(14-3-4-14)22(26)24-20/h5,7-9,11-14H,2-4,6,10H2,1H3,(H,24,26)/t13-/m0/s1. The number of carbonyl (C=O) groups excluding carboxylic acids is 1. The Balaban J connectivity index is 1.77. The highest BCUT2D eigenvalue weighted by Gasteiger charge is 2.27. The first-order chi connectivity index (χ1) is 13.0. The predicted octanol–water partition coefficient (Wildman–Crippen LogP) is 5.43. The molecule has 0 saturated heterocycles. The highest BCUT2D eigenvalue weighted by atomic mass is 35.5. The molecule has 1 atom stereocenters. The number of rotatable bonds is 5. The summed E-state index contributed by atoms with van der Waals surface area (Å²) < 4.78 is 0. The molecular weight excluding hydrogens is 378 g/mol. The zero-order valence-electron chi connectivity index (χ0n) is 15.3. The number of halogens is 1. The number of hydrogen-bond acceptors (Lipinski definition) is 3. The molecule has 2 aliphatic carbocycles. The fraction of sp³-hybridized carbons (Fsp3) is 0.364. The molecule has 3 nitrogen and oxygen atoms in total. The van der Waals surface area contributed by atoms with Crippen LogP contribution in [0.25, 0.3) is 5.57 Å². The molecule has 2 saturated carbocycles. The maximum absolute atomic E-state index is 12.5. The maximum atomic E-state index is 12.5. The fourth-order valence-electron chi connectivity index (χ4n) is 3.75. The normalized spacial score (nSPS) is 20.3. The Bertz CT molecular complexity index is 975. The number of thioether (sulfide) groups is 1. The van der Waals surface area contributed by atoms with Crippen LogP contribution in [0.4, 0.5) is 0 Å². The van der Waals surface area contributed by atoms with Crippen LogP contribution < -0.4 is 5.56 Å². The first kappa shape index (κ1) is 18.6. The lowest BCUT2D eigenvalue weighted by molar-refractivity contribution is -0.117. The van der Waals surface area contributed by atoms with Crippen molar-refractivity contribution < 1.29 is 4.79 Å². The third-order valence-corrected chi connectivity index (χ3v) is 6.62. The van der Waals surface area contributed by atoms with Crippen molar-refractivity contribution in [3.05, 3.63) is 68.6 Å². The summed E-state index contributed by atoms with van der Waals surface area (Å²) in [7, 11) is 0. The van der Waals surface area contributed by atoms with Gasteiger partial charge in [0.1, 0.15) is 5.78 Å². The van der Waals surface area contributed by atoms with E-state index in [4.69, 9.17) is 11.6 Å². The van der Waals surface area contributed by atoms with Gasteiger partial charge < -0.3 is 4.98 Å². The van der Waals surface area contributed by atoms with Crippen molar-refractivity contribution in [1.29, 1.82) is 0 Å². The van der Waals surface area contributed by atoms with Crippen LogP contribution in [0.1, 0.15) is 54.8 Å². The van der Waals surface area contributed by atoms with E-state index in [-0.39, 0.29) is 11.5 Å². The number of benzene rings is 1. The molecule has 1 N–H and O–H groups in total. The Morgan fingerprint density at radius 2 is 2.00 bits per heavy atom. The van der Waals surface area contributed by atoms with Crippen LogP contribution in [0, 0.1) is 5.92 Å². The molecule has 5 heteroatoms. The zero-order chi connectivity index (χ0) is 19.0. The highest BCUT2D eigenvalue weighted by molar-refractivity contribution is 7.98. The predicted molar refractivity (Wildman–Crippen MR) is 112 cm³/mol. The van der Waals surface area contributed by atoms with E-state index in [0.29, 0.717) is 29.6 Å². The first-order valence-corrected chi connectivity index (χ1v) is 11.0. The van der Waals surface area contributed by atoms with E-state index < -0.39 is 0 Å². The van der Waals surface area contributed by atoms with E-state index in [0.717, 1.165) is 46.6 Å². The number of aromatic amines is 1. The van der Waals surface area contributed by atoms with Gasteiger partial charge in [0, 0.05) is 34.6 Å². The van der Waals surface area contributed by atoms with Gasteiger partial charge in [-0.3, -0.25) is 9.59 Å². The van der Waals surface area contributed by atoms with Gasteiger partial charge in [-0.1, -0.05) is 29.8 Å². The van der Waals surface area contributed by atoms with Crippen molar-refractivity contribution >= 4 is 34.7 Å². The molecule has 0 aliphatic heterocycles. The summed E-state index contributed by atoms with van der Waals surface area (Å²) in [6, 6.07) is 9.94. The molecule has 1 heterocycles. The second kappa shape index (κ2) is 7.69. The molecule has 0 unspecified atom stereocenters. The van der Waals surface area contributed by atoms with Crippen LogP contribution in [0.5, 0.6) is 0 Å². The molecule has 0 radical (unpaired) electrons. The maximum Gasteiger partial charge on any atom is 0.251 e. The Labute approximate surface area is 168 Å². The second-order valence-electron chi connectivity index (χ2n) is 7.40. The number of allylic oxidation sites excluding steroid dienone is 1. The summed E-state index contributed by atoms with van der Waals surface area (Å²) >= 11 is 8.04. The number of pyridine rings is 1. The van der Waals surface area contributed by atoms with Gasteiger partial charge >= 0.3 is 0 Å². The Kier molecular flexibility index (Phi) is 5.29. The minimum atomic E-state index is -0.00442. The van der Waals surface area contributed by atoms with Crippen LogP contribution in [0.3, 0.4) is 0 Å². The topological polar surface area (TPSA) is 49.9 Å². The van der Waals surface area contributed by atoms with Crippen molar-refractivity contribution in [2.75, 3.05) is 6.26 Å². The van der Waals surface area contributed by atoms with Gasteiger partial charge in [0.05, 0.1) is 5.02 Å². The summed E-state index contributed by atoms with van der Waals surface area (Å²) in [6.45, 7) is 0. The molecule has 1 aromatic heterocycles. The average Bonchev–Trinajstić information content (AvgIpc) is 3.41. The molecule has 2 aliphatic rings. The Morgan fingerprint density at radius 3 is 2.59 bits per heavy atom. The molecule has 0 bridgehead atoms. The van der Waals surface area contributed by atoms with Gasteiger partial charge in [0.2, 0.25) is 0 Å². The largest absolute Gasteiger partial charge is 0.322 e. The van der Waals surface area contributed by atoms with Crippen molar-refractivity contribution in [3.63, 3.8) is 0 Å². The van der Waals surface area contributed by atoms with Crippen LogP contribution >= 0.6 is 23.4 Å². The molecule has 140 valence electrons.